The van der Waals surface area contributed by atoms with Gasteiger partial charge in [-0.25, -0.2) is 0 Å². The number of phenolic OH excluding ortho intramolecular Hbond substituents is 2. The number of hydrogen-bond acceptors (Lipinski definition) is 5. The quantitative estimate of drug-likeness (QED) is 0.796. The van der Waals surface area contributed by atoms with Gasteiger partial charge in [-0.3, -0.25) is 0 Å². The summed E-state index contributed by atoms with van der Waals surface area (Å²) in [5, 5.41) is 18.3. The van der Waals surface area contributed by atoms with Crippen molar-refractivity contribution in [2.45, 2.75) is 18.6 Å². The minimum atomic E-state index is 0.282. The van der Waals surface area contributed by atoms with Crippen molar-refractivity contribution in [1.29, 1.82) is 0 Å². The van der Waals surface area contributed by atoms with Gasteiger partial charge in [0, 0.05) is 0 Å². The predicted molar refractivity (Wildman–Crippen MR) is 89.3 cm³/mol. The van der Waals surface area contributed by atoms with E-state index in [9.17, 15) is 0 Å². The van der Waals surface area contributed by atoms with Crippen molar-refractivity contribution in [2.24, 2.45) is 0 Å². The maximum atomic E-state index is 9.13. The zero-order valence-electron chi connectivity index (χ0n) is 13.4. The van der Waals surface area contributed by atoms with Gasteiger partial charge in [0.1, 0.15) is 23.7 Å². The third-order valence-electron chi connectivity index (χ3n) is 3.69. The maximum absolute atomic E-state index is 9.13. The summed E-state index contributed by atoms with van der Waals surface area (Å²) in [5.74, 6) is 0.564. The molecule has 0 radical (unpaired) electrons. The Hall–Kier alpha value is -2.08. The first-order valence-electron chi connectivity index (χ1n) is 8.06. The van der Waals surface area contributed by atoms with Crippen molar-refractivity contribution in [3.63, 3.8) is 0 Å². The highest BCUT2D eigenvalue weighted by molar-refractivity contribution is 5.33. The molecule has 0 bridgehead atoms. The fourth-order valence-electron chi connectivity index (χ4n) is 2.12. The van der Waals surface area contributed by atoms with E-state index in [-0.39, 0.29) is 11.5 Å². The number of benzene rings is 2. The highest BCUT2D eigenvalue weighted by atomic mass is 16.6. The molecule has 2 fully saturated rings. The summed E-state index contributed by atoms with van der Waals surface area (Å²) < 4.78 is 15.1. The molecule has 2 aliphatic rings. The Labute approximate surface area is 141 Å². The molecular weight excluding hydrogens is 308 g/mol. The van der Waals surface area contributed by atoms with E-state index in [1.807, 2.05) is 24.3 Å². The fraction of sp³-hybridized carbons (Fsp3) is 0.368. The van der Waals surface area contributed by atoms with Crippen LogP contribution in [0.4, 0.5) is 0 Å². The van der Waals surface area contributed by atoms with Gasteiger partial charge in [0.15, 0.2) is 0 Å². The van der Waals surface area contributed by atoms with Crippen molar-refractivity contribution >= 4 is 0 Å². The molecule has 2 saturated heterocycles. The monoisotopic (exact) mass is 330 g/mol. The molecule has 4 rings (SSSR count). The Balaban J connectivity index is 0.000000159. The SMILES string of the molecule is C(OCC1CO1)C1CO1.Oc1ccc(Cc2ccc(O)cc2)cc1. The highest BCUT2D eigenvalue weighted by Crippen LogP contribution is 2.16. The van der Waals surface area contributed by atoms with Crippen LogP contribution in [-0.4, -0.2) is 48.8 Å². The van der Waals surface area contributed by atoms with Crippen LogP contribution in [0, 0.1) is 0 Å². The Bertz CT molecular complexity index is 560. The maximum Gasteiger partial charge on any atom is 0.115 e. The van der Waals surface area contributed by atoms with E-state index < -0.39 is 0 Å². The molecule has 2 unspecified atom stereocenters. The van der Waals surface area contributed by atoms with Crippen LogP contribution >= 0.6 is 0 Å². The van der Waals surface area contributed by atoms with Gasteiger partial charge in [-0.1, -0.05) is 24.3 Å². The molecule has 2 aromatic rings. The Morgan fingerprint density at radius 2 is 1.12 bits per heavy atom. The Morgan fingerprint density at radius 3 is 1.46 bits per heavy atom. The molecule has 5 nitrogen and oxygen atoms in total. The van der Waals surface area contributed by atoms with Gasteiger partial charge in [0.25, 0.3) is 0 Å². The molecule has 0 aromatic heterocycles. The van der Waals surface area contributed by atoms with Crippen LogP contribution < -0.4 is 0 Å². The molecule has 2 aliphatic heterocycles. The lowest BCUT2D eigenvalue weighted by Crippen LogP contribution is -2.06. The molecule has 0 saturated carbocycles. The van der Waals surface area contributed by atoms with E-state index in [2.05, 4.69) is 0 Å². The van der Waals surface area contributed by atoms with E-state index in [0.29, 0.717) is 12.2 Å². The molecule has 2 heterocycles. The van der Waals surface area contributed by atoms with Crippen molar-refractivity contribution in [1.82, 2.24) is 0 Å². The van der Waals surface area contributed by atoms with Crippen LogP contribution in [-0.2, 0) is 20.6 Å². The minimum Gasteiger partial charge on any atom is -0.508 e. The summed E-state index contributed by atoms with van der Waals surface area (Å²) >= 11 is 0. The lowest BCUT2D eigenvalue weighted by molar-refractivity contribution is 0.102. The van der Waals surface area contributed by atoms with Crippen LogP contribution in [0.1, 0.15) is 11.1 Å². The van der Waals surface area contributed by atoms with Gasteiger partial charge in [-0.05, 0) is 41.8 Å². The van der Waals surface area contributed by atoms with Gasteiger partial charge in [-0.2, -0.15) is 0 Å². The molecule has 128 valence electrons. The number of epoxide rings is 2. The van der Waals surface area contributed by atoms with E-state index in [0.717, 1.165) is 44.0 Å². The van der Waals surface area contributed by atoms with Crippen LogP contribution in [0.2, 0.25) is 0 Å². The molecule has 2 aromatic carbocycles. The predicted octanol–water partition coefficient (Wildman–Crippen LogP) is 2.49. The first-order chi connectivity index (χ1) is 11.7. The lowest BCUT2D eigenvalue weighted by atomic mass is 10.1. The molecule has 0 spiro atoms. The second-order valence-electron chi connectivity index (χ2n) is 5.96. The van der Waals surface area contributed by atoms with Crippen molar-refractivity contribution in [3.05, 3.63) is 59.7 Å². The summed E-state index contributed by atoms with van der Waals surface area (Å²) in [6.45, 7) is 3.26. The summed E-state index contributed by atoms with van der Waals surface area (Å²) in [4.78, 5) is 0. The first kappa shape index (κ1) is 16.8. The lowest BCUT2D eigenvalue weighted by Gasteiger charge is -2.02. The molecule has 0 amide bonds. The van der Waals surface area contributed by atoms with Crippen molar-refractivity contribution in [3.8, 4) is 11.5 Å². The number of phenols is 2. The van der Waals surface area contributed by atoms with Gasteiger partial charge < -0.3 is 24.4 Å². The summed E-state index contributed by atoms with van der Waals surface area (Å²) in [6.07, 6.45) is 1.59. The normalized spacial score (nSPS) is 20.8. The second-order valence-corrected chi connectivity index (χ2v) is 5.96. The van der Waals surface area contributed by atoms with E-state index in [4.69, 9.17) is 24.4 Å². The third-order valence-corrected chi connectivity index (χ3v) is 3.69. The average molecular weight is 330 g/mol. The number of ether oxygens (including phenoxy) is 3. The topological polar surface area (TPSA) is 74.8 Å². The molecule has 5 heteroatoms. The summed E-state index contributed by atoms with van der Waals surface area (Å²) in [6, 6.07) is 14.3. The van der Waals surface area contributed by atoms with Gasteiger partial charge in [0.05, 0.1) is 26.4 Å². The van der Waals surface area contributed by atoms with Crippen molar-refractivity contribution in [2.75, 3.05) is 26.4 Å². The van der Waals surface area contributed by atoms with Gasteiger partial charge >= 0.3 is 0 Å². The summed E-state index contributed by atoms with van der Waals surface area (Å²) in [5.41, 5.74) is 2.27. The minimum absolute atomic E-state index is 0.282. The standard InChI is InChI=1S/C13H12O2.C6H10O3/c14-12-5-1-10(2-6-12)9-11-3-7-13(15)8-4-11;1(5-3-8-5)7-2-6-4-9-6/h1-8,14-15H,9H2;5-6H,1-4H2. The molecule has 24 heavy (non-hydrogen) atoms. The molecule has 2 N–H and O–H groups in total. The number of aromatic hydroxyl groups is 2. The fourth-order valence-corrected chi connectivity index (χ4v) is 2.12. The Kier molecular flexibility index (Phi) is 5.69. The highest BCUT2D eigenvalue weighted by Gasteiger charge is 2.26. The van der Waals surface area contributed by atoms with E-state index in [1.54, 1.807) is 24.3 Å². The smallest absolute Gasteiger partial charge is 0.115 e. The Morgan fingerprint density at radius 1 is 0.750 bits per heavy atom. The number of hydrogen-bond donors (Lipinski definition) is 2. The molecule has 2 atom stereocenters. The van der Waals surface area contributed by atoms with Crippen LogP contribution in [0.3, 0.4) is 0 Å². The van der Waals surface area contributed by atoms with Crippen LogP contribution in [0.15, 0.2) is 48.5 Å². The molecule has 0 aliphatic carbocycles. The van der Waals surface area contributed by atoms with Gasteiger partial charge in [0.2, 0.25) is 0 Å². The van der Waals surface area contributed by atoms with Crippen molar-refractivity contribution < 1.29 is 24.4 Å². The van der Waals surface area contributed by atoms with E-state index >= 15 is 0 Å². The second kappa shape index (κ2) is 8.15. The van der Waals surface area contributed by atoms with Crippen LogP contribution in [0.25, 0.3) is 0 Å². The average Bonchev–Trinajstić information content (AvgIpc) is 3.48. The van der Waals surface area contributed by atoms with Crippen LogP contribution in [0.5, 0.6) is 11.5 Å². The molecular formula is C19H22O5. The zero-order chi connectivity index (χ0) is 16.8. The van der Waals surface area contributed by atoms with E-state index in [1.165, 1.54) is 0 Å². The summed E-state index contributed by atoms with van der Waals surface area (Å²) in [7, 11) is 0. The zero-order valence-corrected chi connectivity index (χ0v) is 13.4. The van der Waals surface area contributed by atoms with Gasteiger partial charge in [-0.15, -0.1) is 0 Å². The number of rotatable bonds is 6. The first-order valence-corrected chi connectivity index (χ1v) is 8.06. The third kappa shape index (κ3) is 6.20. The largest absolute Gasteiger partial charge is 0.508 e.